The van der Waals surface area contributed by atoms with Gasteiger partial charge in [0, 0.05) is 4.88 Å². The Hall–Kier alpha value is -3.29. The summed E-state index contributed by atoms with van der Waals surface area (Å²) in [7, 11) is 0. The van der Waals surface area contributed by atoms with Gasteiger partial charge in [0.2, 0.25) is 5.82 Å². The van der Waals surface area contributed by atoms with Gasteiger partial charge >= 0.3 is 5.97 Å². The molecule has 2 heterocycles. The molecule has 0 atom stereocenters. The fraction of sp³-hybridized carbons (Fsp3) is 0.174. The number of hydrogen-bond acceptors (Lipinski definition) is 5. The second-order valence-electron chi connectivity index (χ2n) is 7.06. The number of hydrogen-bond donors (Lipinski definition) is 3. The molecule has 0 amide bonds. The lowest BCUT2D eigenvalue weighted by molar-refractivity contribution is 0.0683. The zero-order valence-electron chi connectivity index (χ0n) is 16.2. The number of benzene rings is 2. The van der Waals surface area contributed by atoms with Crippen LogP contribution in [-0.4, -0.2) is 21.0 Å². The average Bonchev–Trinajstić information content (AvgIpc) is 3.36. The molecule has 1 aliphatic carbocycles. The van der Waals surface area contributed by atoms with Gasteiger partial charge in [-0.25, -0.2) is 9.78 Å². The Bertz CT molecular complexity index is 1190. The van der Waals surface area contributed by atoms with Crippen LogP contribution < -0.4 is 11.3 Å². The minimum Gasteiger partial charge on any atom is -0.475 e. The van der Waals surface area contributed by atoms with E-state index in [1.165, 1.54) is 16.2 Å². The van der Waals surface area contributed by atoms with E-state index in [4.69, 9.17) is 10.8 Å². The molecule has 0 aliphatic heterocycles. The van der Waals surface area contributed by atoms with Crippen LogP contribution in [0.3, 0.4) is 0 Å². The molecule has 0 spiro atoms. The van der Waals surface area contributed by atoms with Crippen LogP contribution in [0.4, 0.5) is 0 Å². The summed E-state index contributed by atoms with van der Waals surface area (Å²) in [6, 6.07) is 20.2. The van der Waals surface area contributed by atoms with Crippen LogP contribution in [0.15, 0.2) is 65.5 Å². The third-order valence-electron chi connectivity index (χ3n) is 5.10. The third-order valence-corrected chi connectivity index (χ3v) is 6.28. The van der Waals surface area contributed by atoms with Crippen molar-refractivity contribution in [3.63, 3.8) is 0 Å². The van der Waals surface area contributed by atoms with E-state index < -0.39 is 5.97 Å². The van der Waals surface area contributed by atoms with Crippen molar-refractivity contribution in [2.45, 2.75) is 25.3 Å². The number of aromatic nitrogens is 2. The first-order valence-corrected chi connectivity index (χ1v) is 10.5. The molecule has 2 aromatic heterocycles. The molecule has 0 fully saturated rings. The number of carboxylic acids is 1. The number of aryl methyl sites for hydroxylation is 2. The van der Waals surface area contributed by atoms with E-state index in [2.05, 4.69) is 34.2 Å². The molecule has 6 nitrogen and oxygen atoms in total. The summed E-state index contributed by atoms with van der Waals surface area (Å²) in [5.74, 6) is -1.48. The molecule has 7 heteroatoms. The van der Waals surface area contributed by atoms with Gasteiger partial charge in [-0.2, -0.15) is 0 Å². The number of fused-ring (bicyclic) bond motifs is 3. The topological polar surface area (TPSA) is 109 Å². The largest absolute Gasteiger partial charge is 0.475 e. The highest BCUT2D eigenvalue weighted by Crippen LogP contribution is 2.34. The molecular weight excluding hydrogens is 398 g/mol. The molecule has 4 N–H and O–H groups in total. The minimum atomic E-state index is -1.20. The molecule has 2 aromatic carbocycles. The Labute approximate surface area is 177 Å². The van der Waals surface area contributed by atoms with Crippen molar-refractivity contribution < 1.29 is 9.90 Å². The predicted octanol–water partition coefficient (Wildman–Crippen LogP) is 3.91. The quantitative estimate of drug-likeness (QED) is 0.466. The van der Waals surface area contributed by atoms with Crippen LogP contribution in [0.2, 0.25) is 0 Å². The molecule has 5 rings (SSSR count). The van der Waals surface area contributed by atoms with Gasteiger partial charge in [-0.1, -0.05) is 60.7 Å². The second-order valence-corrected chi connectivity index (χ2v) is 8.14. The first-order chi connectivity index (χ1) is 14.5. The fourth-order valence-electron chi connectivity index (χ4n) is 3.62. The maximum Gasteiger partial charge on any atom is 0.372 e. The highest BCUT2D eigenvalue weighted by molar-refractivity contribution is 7.18. The molecule has 0 unspecified atom stereocenters. The zero-order valence-corrected chi connectivity index (χ0v) is 17.0. The molecule has 30 heavy (non-hydrogen) atoms. The van der Waals surface area contributed by atoms with Crippen LogP contribution in [-0.2, 0) is 12.8 Å². The lowest BCUT2D eigenvalue weighted by Crippen LogP contribution is -2.15. The van der Waals surface area contributed by atoms with Crippen molar-refractivity contribution in [2.24, 2.45) is 5.73 Å². The third kappa shape index (κ3) is 4.03. The lowest BCUT2D eigenvalue weighted by Gasteiger charge is -2.11. The number of thiophene rings is 1. The van der Waals surface area contributed by atoms with Gasteiger partial charge in [-0.3, -0.25) is 4.79 Å². The van der Waals surface area contributed by atoms with Crippen LogP contribution in [0.1, 0.15) is 44.6 Å². The van der Waals surface area contributed by atoms with E-state index in [0.29, 0.717) is 10.2 Å². The molecule has 1 aliphatic rings. The van der Waals surface area contributed by atoms with Gasteiger partial charge in [0.05, 0.1) is 11.4 Å². The van der Waals surface area contributed by atoms with Gasteiger partial charge in [-0.05, 0) is 36.0 Å². The van der Waals surface area contributed by atoms with Crippen LogP contribution >= 0.6 is 11.3 Å². The Kier molecular flexibility index (Phi) is 5.74. The van der Waals surface area contributed by atoms with E-state index in [-0.39, 0.29) is 17.4 Å². The normalized spacial score (nSPS) is 12.5. The molecule has 0 bridgehead atoms. The Morgan fingerprint density at radius 2 is 1.63 bits per heavy atom. The molecule has 0 saturated heterocycles. The smallest absolute Gasteiger partial charge is 0.372 e. The number of nitrogens with one attached hydrogen (secondary N) is 1. The highest BCUT2D eigenvalue weighted by Gasteiger charge is 2.22. The van der Waals surface area contributed by atoms with E-state index in [0.717, 1.165) is 36.0 Å². The van der Waals surface area contributed by atoms with Crippen molar-refractivity contribution in [3.05, 3.63) is 98.4 Å². The van der Waals surface area contributed by atoms with Gasteiger partial charge in [0.15, 0.2) is 0 Å². The van der Waals surface area contributed by atoms with Crippen LogP contribution in [0.25, 0.3) is 10.2 Å². The summed E-state index contributed by atoms with van der Waals surface area (Å²) in [4.78, 5) is 30.5. The number of aromatic amines is 1. The van der Waals surface area contributed by atoms with Crippen molar-refractivity contribution in [1.29, 1.82) is 0 Å². The Morgan fingerprint density at radius 1 is 1.03 bits per heavy atom. The number of rotatable bonds is 3. The van der Waals surface area contributed by atoms with E-state index >= 15 is 0 Å². The molecular formula is C23H21N3O3S. The van der Waals surface area contributed by atoms with Crippen LogP contribution in [0, 0.1) is 0 Å². The van der Waals surface area contributed by atoms with Gasteiger partial charge < -0.3 is 15.8 Å². The predicted molar refractivity (Wildman–Crippen MR) is 118 cm³/mol. The summed E-state index contributed by atoms with van der Waals surface area (Å²) in [5.41, 5.74) is 9.15. The molecule has 0 radical (unpaired) electrons. The zero-order chi connectivity index (χ0) is 21.1. The Balaban J connectivity index is 0.000000147. The van der Waals surface area contributed by atoms with Crippen molar-refractivity contribution in [3.8, 4) is 0 Å². The van der Waals surface area contributed by atoms with E-state index in [9.17, 15) is 9.59 Å². The Morgan fingerprint density at radius 3 is 2.20 bits per heavy atom. The number of aromatic carboxylic acids is 1. The summed E-state index contributed by atoms with van der Waals surface area (Å²) in [5, 5.41) is 9.37. The van der Waals surface area contributed by atoms with Gasteiger partial charge in [0.1, 0.15) is 4.83 Å². The number of nitrogens with zero attached hydrogens (tertiary/aromatic N) is 1. The first kappa shape index (κ1) is 20.0. The second kappa shape index (κ2) is 8.61. The molecule has 152 valence electrons. The van der Waals surface area contributed by atoms with Gasteiger partial charge in [0.25, 0.3) is 5.56 Å². The van der Waals surface area contributed by atoms with Crippen LogP contribution in [0.5, 0.6) is 0 Å². The van der Waals surface area contributed by atoms with Gasteiger partial charge in [-0.15, -0.1) is 11.3 Å². The van der Waals surface area contributed by atoms with E-state index in [1.807, 2.05) is 36.4 Å². The maximum absolute atomic E-state index is 11.8. The number of H-pyrrole nitrogens is 1. The molecule has 4 aromatic rings. The standard InChI is InChI=1S/C13H13N.C10H8N2O3S/c14-13(11-7-3-1-4-8-11)12-9-5-2-6-10-12;13-8-6-4-2-1-3-5(4)16-9(6)12-7(11-8)10(14)15/h1-10,13H,14H2;1-3H2,(H,14,15)(H,11,12,13). The highest BCUT2D eigenvalue weighted by atomic mass is 32.1. The minimum absolute atomic E-state index is 0.0163. The number of nitrogens with two attached hydrogens (primary N) is 1. The summed E-state index contributed by atoms with van der Waals surface area (Å²) >= 11 is 1.44. The maximum atomic E-state index is 11.8. The first-order valence-electron chi connectivity index (χ1n) is 9.68. The average molecular weight is 420 g/mol. The summed E-state index contributed by atoms with van der Waals surface area (Å²) < 4.78 is 0. The number of carbonyl (C=O) groups is 1. The van der Waals surface area contributed by atoms with E-state index in [1.54, 1.807) is 0 Å². The SMILES string of the molecule is NC(c1ccccc1)c1ccccc1.O=C(O)c1nc2sc3c(c2c(=O)[nH]1)CCC3. The summed E-state index contributed by atoms with van der Waals surface area (Å²) in [6.07, 6.45) is 2.93. The van der Waals surface area contributed by atoms with Crippen molar-refractivity contribution >= 4 is 27.5 Å². The molecule has 0 saturated carbocycles. The lowest BCUT2D eigenvalue weighted by atomic mass is 10.00. The summed E-state index contributed by atoms with van der Waals surface area (Å²) in [6.45, 7) is 0. The monoisotopic (exact) mass is 419 g/mol. The van der Waals surface area contributed by atoms with Crippen molar-refractivity contribution in [1.82, 2.24) is 9.97 Å². The van der Waals surface area contributed by atoms with Crippen molar-refractivity contribution in [2.75, 3.05) is 0 Å². The number of carboxylic acid groups (broad SMARTS) is 1. The fourth-order valence-corrected chi connectivity index (χ4v) is 4.88.